The Bertz CT molecular complexity index is 824. The Morgan fingerprint density at radius 3 is 2.72 bits per heavy atom. The topological polar surface area (TPSA) is 64.9 Å². The van der Waals surface area contributed by atoms with Gasteiger partial charge < -0.3 is 10.6 Å². The molecule has 2 N–H and O–H groups in total. The van der Waals surface area contributed by atoms with Crippen LogP contribution in [-0.2, 0) is 4.79 Å². The molecule has 0 aliphatic carbocycles. The summed E-state index contributed by atoms with van der Waals surface area (Å²) in [5.41, 5.74) is 2.56. The minimum absolute atomic E-state index is 0.0149. The van der Waals surface area contributed by atoms with Gasteiger partial charge in [0.1, 0.15) is 11.6 Å². The molecule has 0 saturated heterocycles. The summed E-state index contributed by atoms with van der Waals surface area (Å²) in [5.74, 6) is -0.110. The summed E-state index contributed by atoms with van der Waals surface area (Å²) in [6.07, 6.45) is 2.43. The summed E-state index contributed by atoms with van der Waals surface area (Å²) in [7, 11) is 0. The summed E-state index contributed by atoms with van der Waals surface area (Å²) in [4.78, 5) is 12.3. The summed E-state index contributed by atoms with van der Waals surface area (Å²) < 4.78 is 0. The lowest BCUT2D eigenvalue weighted by Crippen LogP contribution is -2.14. The number of hydrogen-bond acceptors (Lipinski definition) is 3. The number of para-hydroxylation sites is 1. The number of carbonyl (C=O) groups excluding carboxylic acids is 1. The molecule has 0 aliphatic rings. The lowest BCUT2D eigenvalue weighted by Gasteiger charge is -2.14. The highest BCUT2D eigenvalue weighted by molar-refractivity contribution is 6.31. The van der Waals surface area contributed by atoms with Gasteiger partial charge in [-0.2, -0.15) is 5.26 Å². The lowest BCUT2D eigenvalue weighted by atomic mass is 9.97. The van der Waals surface area contributed by atoms with Crippen LogP contribution in [0, 0.1) is 11.3 Å². The fraction of sp³-hybridized carbons (Fsp3) is 0.200. The fourth-order valence-corrected chi connectivity index (χ4v) is 2.53. The third kappa shape index (κ3) is 5.10. The highest BCUT2D eigenvalue weighted by atomic mass is 35.5. The predicted octanol–water partition coefficient (Wildman–Crippen LogP) is 5.31. The van der Waals surface area contributed by atoms with Crippen LogP contribution in [-0.4, -0.2) is 5.91 Å². The normalized spacial score (nSPS) is 12.2. The molecule has 0 radical (unpaired) electrons. The van der Waals surface area contributed by atoms with Crippen LogP contribution in [0.3, 0.4) is 0 Å². The van der Waals surface area contributed by atoms with Crippen molar-refractivity contribution in [2.45, 2.75) is 26.2 Å². The van der Waals surface area contributed by atoms with Crippen molar-refractivity contribution in [2.75, 3.05) is 10.6 Å². The SMILES string of the molecule is CCC(C)c1ccccc1N/C=C(/C#N)C(=O)Nc1cccc(Cl)c1. The van der Waals surface area contributed by atoms with E-state index in [4.69, 9.17) is 11.6 Å². The molecule has 25 heavy (non-hydrogen) atoms. The zero-order chi connectivity index (χ0) is 18.2. The van der Waals surface area contributed by atoms with E-state index < -0.39 is 5.91 Å². The fourth-order valence-electron chi connectivity index (χ4n) is 2.34. The quantitative estimate of drug-likeness (QED) is 0.546. The van der Waals surface area contributed by atoms with E-state index in [0.717, 1.165) is 17.7 Å². The molecule has 2 aromatic carbocycles. The summed E-state index contributed by atoms with van der Waals surface area (Å²) >= 11 is 5.90. The Morgan fingerprint density at radius 2 is 2.04 bits per heavy atom. The van der Waals surface area contributed by atoms with Crippen molar-refractivity contribution in [3.05, 3.63) is 70.9 Å². The van der Waals surface area contributed by atoms with Crippen LogP contribution in [0.15, 0.2) is 60.3 Å². The van der Waals surface area contributed by atoms with E-state index in [0.29, 0.717) is 16.6 Å². The zero-order valence-electron chi connectivity index (χ0n) is 14.2. The molecule has 0 heterocycles. The molecule has 5 heteroatoms. The second kappa shape index (κ2) is 8.91. The molecule has 128 valence electrons. The van der Waals surface area contributed by atoms with E-state index in [1.807, 2.05) is 30.3 Å². The highest BCUT2D eigenvalue weighted by Gasteiger charge is 2.11. The lowest BCUT2D eigenvalue weighted by molar-refractivity contribution is -0.112. The first-order chi connectivity index (χ1) is 12.0. The van der Waals surface area contributed by atoms with Crippen LogP contribution >= 0.6 is 11.6 Å². The molecule has 0 saturated carbocycles. The molecule has 2 aromatic rings. The predicted molar refractivity (Wildman–Crippen MR) is 103 cm³/mol. The van der Waals surface area contributed by atoms with Gasteiger partial charge in [0, 0.05) is 22.6 Å². The van der Waals surface area contributed by atoms with Gasteiger partial charge in [0.2, 0.25) is 0 Å². The Kier molecular flexibility index (Phi) is 6.62. The number of anilines is 2. The van der Waals surface area contributed by atoms with E-state index >= 15 is 0 Å². The summed E-state index contributed by atoms with van der Waals surface area (Å²) in [5, 5.41) is 15.6. The van der Waals surface area contributed by atoms with Gasteiger partial charge >= 0.3 is 0 Å². The Morgan fingerprint density at radius 1 is 1.28 bits per heavy atom. The smallest absolute Gasteiger partial charge is 0.267 e. The molecule has 4 nitrogen and oxygen atoms in total. The van der Waals surface area contributed by atoms with Crippen LogP contribution in [0.25, 0.3) is 0 Å². The average molecular weight is 354 g/mol. The maximum atomic E-state index is 12.3. The Hall–Kier alpha value is -2.77. The molecule has 1 unspecified atom stereocenters. The van der Waals surface area contributed by atoms with Crippen molar-refractivity contribution in [3.8, 4) is 6.07 Å². The van der Waals surface area contributed by atoms with Crippen molar-refractivity contribution < 1.29 is 4.79 Å². The average Bonchev–Trinajstić information content (AvgIpc) is 2.62. The molecule has 0 fully saturated rings. The van der Waals surface area contributed by atoms with Crippen molar-refractivity contribution in [1.29, 1.82) is 5.26 Å². The molecule has 0 aliphatic heterocycles. The second-order valence-electron chi connectivity index (χ2n) is 5.68. The molecule has 0 bridgehead atoms. The van der Waals surface area contributed by atoms with Gasteiger partial charge in [-0.15, -0.1) is 0 Å². The van der Waals surface area contributed by atoms with E-state index in [1.165, 1.54) is 6.20 Å². The van der Waals surface area contributed by atoms with Crippen molar-refractivity contribution in [1.82, 2.24) is 0 Å². The molecular formula is C20H20ClN3O. The second-order valence-corrected chi connectivity index (χ2v) is 6.11. The number of halogens is 1. The first-order valence-electron chi connectivity index (χ1n) is 8.07. The number of nitriles is 1. The minimum Gasteiger partial charge on any atom is -0.360 e. The first-order valence-corrected chi connectivity index (χ1v) is 8.45. The van der Waals surface area contributed by atoms with Gasteiger partial charge in [-0.1, -0.05) is 49.7 Å². The number of benzene rings is 2. The number of nitrogens with one attached hydrogen (secondary N) is 2. The molecule has 2 rings (SSSR count). The van der Waals surface area contributed by atoms with Gasteiger partial charge in [0.25, 0.3) is 5.91 Å². The standard InChI is InChI=1S/C20H20ClN3O/c1-3-14(2)18-9-4-5-10-19(18)23-13-15(12-22)20(25)24-17-8-6-7-16(21)11-17/h4-11,13-14,23H,3H2,1-2H3,(H,24,25)/b15-13-. The van der Waals surface area contributed by atoms with Gasteiger partial charge in [0.15, 0.2) is 0 Å². The van der Waals surface area contributed by atoms with E-state index in [2.05, 4.69) is 24.5 Å². The Labute approximate surface area is 153 Å². The minimum atomic E-state index is -0.488. The van der Waals surface area contributed by atoms with Gasteiger partial charge in [-0.25, -0.2) is 0 Å². The molecule has 1 amide bonds. The molecule has 0 spiro atoms. The van der Waals surface area contributed by atoms with Crippen molar-refractivity contribution >= 4 is 28.9 Å². The van der Waals surface area contributed by atoms with E-state index in [-0.39, 0.29) is 5.57 Å². The number of amides is 1. The molecular weight excluding hydrogens is 334 g/mol. The van der Waals surface area contributed by atoms with Crippen LogP contribution in [0.4, 0.5) is 11.4 Å². The number of nitrogens with zero attached hydrogens (tertiary/aromatic N) is 1. The van der Waals surface area contributed by atoms with Crippen LogP contribution in [0.2, 0.25) is 5.02 Å². The van der Waals surface area contributed by atoms with E-state index in [1.54, 1.807) is 24.3 Å². The van der Waals surface area contributed by atoms with Gasteiger partial charge in [0.05, 0.1) is 0 Å². The number of carbonyl (C=O) groups is 1. The van der Waals surface area contributed by atoms with Gasteiger partial charge in [-0.05, 0) is 42.2 Å². The first kappa shape index (κ1) is 18.6. The number of rotatable bonds is 6. The molecule has 0 aromatic heterocycles. The largest absolute Gasteiger partial charge is 0.360 e. The van der Waals surface area contributed by atoms with Crippen LogP contribution in [0.5, 0.6) is 0 Å². The molecule has 1 atom stereocenters. The number of hydrogen-bond donors (Lipinski definition) is 2. The Balaban J connectivity index is 2.16. The third-order valence-corrected chi connectivity index (χ3v) is 4.16. The summed E-state index contributed by atoms with van der Waals surface area (Å²) in [6.45, 7) is 4.26. The van der Waals surface area contributed by atoms with Crippen molar-refractivity contribution in [2.24, 2.45) is 0 Å². The maximum absolute atomic E-state index is 12.3. The monoisotopic (exact) mass is 353 g/mol. The van der Waals surface area contributed by atoms with Crippen molar-refractivity contribution in [3.63, 3.8) is 0 Å². The zero-order valence-corrected chi connectivity index (χ0v) is 15.0. The third-order valence-electron chi connectivity index (χ3n) is 3.92. The van der Waals surface area contributed by atoms with Gasteiger partial charge in [-0.3, -0.25) is 4.79 Å². The van der Waals surface area contributed by atoms with E-state index in [9.17, 15) is 10.1 Å². The highest BCUT2D eigenvalue weighted by Crippen LogP contribution is 2.26. The summed E-state index contributed by atoms with van der Waals surface area (Å²) in [6, 6.07) is 16.6. The van der Waals surface area contributed by atoms with Crippen LogP contribution < -0.4 is 10.6 Å². The maximum Gasteiger partial charge on any atom is 0.267 e. The van der Waals surface area contributed by atoms with Crippen LogP contribution in [0.1, 0.15) is 31.7 Å².